The fraction of sp³-hybridized carbons (Fsp3) is 0.579. The van der Waals surface area contributed by atoms with Crippen LogP contribution in [-0.4, -0.2) is 58.0 Å². The van der Waals surface area contributed by atoms with Crippen LogP contribution in [0.5, 0.6) is 0 Å². The molecule has 0 spiro atoms. The zero-order chi connectivity index (χ0) is 17.2. The second kappa shape index (κ2) is 7.04. The second-order valence-electron chi connectivity index (χ2n) is 7.30. The van der Waals surface area contributed by atoms with E-state index in [1.807, 2.05) is 36.1 Å². The molecule has 3 heterocycles. The van der Waals surface area contributed by atoms with Gasteiger partial charge < -0.3 is 15.2 Å². The number of imidazole rings is 1. The SMILES string of the molecule is C[C@H](NC(=O)N1CCC(N2CCCCC2)C1)c1nc2ccccc2[nH]1. The summed E-state index contributed by atoms with van der Waals surface area (Å²) < 4.78 is 0. The van der Waals surface area contributed by atoms with Gasteiger partial charge >= 0.3 is 6.03 Å². The van der Waals surface area contributed by atoms with Crippen molar-refractivity contribution in [1.82, 2.24) is 25.1 Å². The Labute approximate surface area is 148 Å². The molecule has 6 heteroatoms. The Morgan fingerprint density at radius 3 is 2.84 bits per heavy atom. The molecule has 2 atom stereocenters. The number of rotatable bonds is 3. The maximum Gasteiger partial charge on any atom is 0.318 e. The summed E-state index contributed by atoms with van der Waals surface area (Å²) in [6.07, 6.45) is 5.03. The quantitative estimate of drug-likeness (QED) is 0.902. The lowest BCUT2D eigenvalue weighted by atomic mass is 10.1. The molecular weight excluding hydrogens is 314 g/mol. The molecule has 1 aromatic heterocycles. The van der Waals surface area contributed by atoms with Crippen molar-refractivity contribution in [1.29, 1.82) is 0 Å². The van der Waals surface area contributed by atoms with Crippen LogP contribution in [-0.2, 0) is 0 Å². The van der Waals surface area contributed by atoms with Gasteiger partial charge in [0.2, 0.25) is 0 Å². The molecule has 2 aliphatic rings. The summed E-state index contributed by atoms with van der Waals surface area (Å²) in [6, 6.07) is 8.37. The first-order valence-corrected chi connectivity index (χ1v) is 9.45. The average Bonchev–Trinajstić information content (AvgIpc) is 3.29. The van der Waals surface area contributed by atoms with Crippen molar-refractivity contribution in [3.63, 3.8) is 0 Å². The third kappa shape index (κ3) is 3.49. The zero-order valence-corrected chi connectivity index (χ0v) is 14.9. The Bertz CT molecular complexity index is 703. The van der Waals surface area contributed by atoms with E-state index in [0.29, 0.717) is 6.04 Å². The lowest BCUT2D eigenvalue weighted by Crippen LogP contribution is -2.44. The van der Waals surface area contributed by atoms with Gasteiger partial charge in [0.05, 0.1) is 17.1 Å². The average molecular weight is 341 g/mol. The van der Waals surface area contributed by atoms with Gasteiger partial charge in [-0.1, -0.05) is 18.6 Å². The first-order valence-electron chi connectivity index (χ1n) is 9.45. The van der Waals surface area contributed by atoms with Gasteiger partial charge in [-0.2, -0.15) is 0 Å². The van der Waals surface area contributed by atoms with E-state index in [9.17, 15) is 4.79 Å². The second-order valence-corrected chi connectivity index (χ2v) is 7.30. The minimum atomic E-state index is -0.131. The highest BCUT2D eigenvalue weighted by Crippen LogP contribution is 2.21. The molecule has 1 unspecified atom stereocenters. The molecule has 134 valence electrons. The third-order valence-corrected chi connectivity index (χ3v) is 5.52. The zero-order valence-electron chi connectivity index (χ0n) is 14.9. The normalized spacial score (nSPS) is 23.1. The van der Waals surface area contributed by atoms with Crippen LogP contribution < -0.4 is 5.32 Å². The van der Waals surface area contributed by atoms with Crippen LogP contribution >= 0.6 is 0 Å². The van der Waals surface area contributed by atoms with Gasteiger partial charge in [0, 0.05) is 19.1 Å². The fourth-order valence-electron chi connectivity index (χ4n) is 4.03. The number of benzene rings is 1. The highest BCUT2D eigenvalue weighted by molar-refractivity contribution is 5.76. The fourth-order valence-corrected chi connectivity index (χ4v) is 4.03. The number of aromatic nitrogens is 2. The first kappa shape index (κ1) is 16.4. The third-order valence-electron chi connectivity index (χ3n) is 5.52. The van der Waals surface area contributed by atoms with Crippen LogP contribution in [0, 0.1) is 0 Å². The smallest absolute Gasteiger partial charge is 0.318 e. The van der Waals surface area contributed by atoms with Crippen molar-refractivity contribution in [2.45, 2.75) is 44.7 Å². The molecule has 4 rings (SSSR count). The number of nitrogens with zero attached hydrogens (tertiary/aromatic N) is 3. The minimum Gasteiger partial charge on any atom is -0.340 e. The molecule has 2 aliphatic heterocycles. The number of aromatic amines is 1. The topological polar surface area (TPSA) is 64.3 Å². The predicted molar refractivity (Wildman–Crippen MR) is 98.4 cm³/mol. The molecule has 2 saturated heterocycles. The van der Waals surface area contributed by atoms with E-state index in [1.54, 1.807) is 0 Å². The van der Waals surface area contributed by atoms with Gasteiger partial charge in [-0.05, 0) is 51.4 Å². The Morgan fingerprint density at radius 2 is 2.04 bits per heavy atom. The van der Waals surface area contributed by atoms with Crippen molar-refractivity contribution in [3.05, 3.63) is 30.1 Å². The highest BCUT2D eigenvalue weighted by atomic mass is 16.2. The Balaban J connectivity index is 1.35. The van der Waals surface area contributed by atoms with E-state index in [2.05, 4.69) is 20.2 Å². The molecule has 2 aromatic rings. The Hall–Kier alpha value is -2.08. The Kier molecular flexibility index (Phi) is 4.61. The lowest BCUT2D eigenvalue weighted by Gasteiger charge is -2.32. The van der Waals surface area contributed by atoms with E-state index in [0.717, 1.165) is 36.4 Å². The van der Waals surface area contributed by atoms with Crippen molar-refractivity contribution in [2.75, 3.05) is 26.2 Å². The summed E-state index contributed by atoms with van der Waals surface area (Å²) >= 11 is 0. The maximum absolute atomic E-state index is 12.6. The number of amides is 2. The number of likely N-dealkylation sites (tertiary alicyclic amines) is 2. The number of H-pyrrole nitrogens is 1. The molecule has 2 N–H and O–H groups in total. The molecule has 6 nitrogen and oxygen atoms in total. The van der Waals surface area contributed by atoms with E-state index in [1.165, 1.54) is 32.4 Å². The number of urea groups is 1. The molecule has 0 aliphatic carbocycles. The van der Waals surface area contributed by atoms with Gasteiger partial charge in [0.1, 0.15) is 5.82 Å². The molecular formula is C19H27N5O. The van der Waals surface area contributed by atoms with Crippen LogP contribution in [0.25, 0.3) is 11.0 Å². The van der Waals surface area contributed by atoms with Crippen molar-refractivity contribution in [2.24, 2.45) is 0 Å². The molecule has 0 radical (unpaired) electrons. The summed E-state index contributed by atoms with van der Waals surface area (Å²) in [4.78, 5) is 25.0. The number of fused-ring (bicyclic) bond motifs is 1. The number of hydrogen-bond acceptors (Lipinski definition) is 3. The molecule has 0 saturated carbocycles. The number of hydrogen-bond donors (Lipinski definition) is 2. The molecule has 0 bridgehead atoms. The van der Waals surface area contributed by atoms with Crippen LogP contribution in [0.4, 0.5) is 4.79 Å². The van der Waals surface area contributed by atoms with Crippen LogP contribution in [0.3, 0.4) is 0 Å². The molecule has 1 aromatic carbocycles. The molecule has 25 heavy (non-hydrogen) atoms. The van der Waals surface area contributed by atoms with Crippen molar-refractivity contribution < 1.29 is 4.79 Å². The van der Waals surface area contributed by atoms with E-state index >= 15 is 0 Å². The lowest BCUT2D eigenvalue weighted by molar-refractivity contribution is 0.160. The summed E-state index contributed by atoms with van der Waals surface area (Å²) in [5.74, 6) is 0.807. The number of para-hydroxylation sites is 2. The van der Waals surface area contributed by atoms with Gasteiger partial charge in [0.15, 0.2) is 0 Å². The maximum atomic E-state index is 12.6. The standard InChI is InChI=1S/C19H27N5O/c1-14(18-21-16-7-3-4-8-17(16)22-18)20-19(25)24-12-9-15(13-24)23-10-5-2-6-11-23/h3-4,7-8,14-15H,2,5-6,9-13H2,1H3,(H,20,25)(H,21,22)/t14-,15?/m0/s1. The molecule has 2 amide bonds. The summed E-state index contributed by atoms with van der Waals surface area (Å²) in [5, 5.41) is 3.10. The first-order chi connectivity index (χ1) is 12.2. The van der Waals surface area contributed by atoms with Gasteiger partial charge in [-0.15, -0.1) is 0 Å². The number of piperidine rings is 1. The summed E-state index contributed by atoms with van der Waals surface area (Å²) in [6.45, 7) is 6.05. The van der Waals surface area contributed by atoms with E-state index in [-0.39, 0.29) is 12.1 Å². The number of carbonyl (C=O) groups is 1. The number of carbonyl (C=O) groups excluding carboxylic acids is 1. The molecule has 2 fully saturated rings. The van der Waals surface area contributed by atoms with Crippen molar-refractivity contribution in [3.8, 4) is 0 Å². The van der Waals surface area contributed by atoms with Gasteiger partial charge in [0.25, 0.3) is 0 Å². The summed E-state index contributed by atoms with van der Waals surface area (Å²) in [7, 11) is 0. The minimum absolute atomic E-state index is 0.0208. The van der Waals surface area contributed by atoms with E-state index < -0.39 is 0 Å². The van der Waals surface area contributed by atoms with Gasteiger partial charge in [-0.25, -0.2) is 9.78 Å². The van der Waals surface area contributed by atoms with E-state index in [4.69, 9.17) is 0 Å². The number of nitrogens with one attached hydrogen (secondary N) is 2. The summed E-state index contributed by atoms with van der Waals surface area (Å²) in [5.41, 5.74) is 1.94. The van der Waals surface area contributed by atoms with Crippen LogP contribution in [0.2, 0.25) is 0 Å². The monoisotopic (exact) mass is 341 g/mol. The highest BCUT2D eigenvalue weighted by Gasteiger charge is 2.31. The van der Waals surface area contributed by atoms with Gasteiger partial charge in [-0.3, -0.25) is 4.90 Å². The Morgan fingerprint density at radius 1 is 1.24 bits per heavy atom. The van der Waals surface area contributed by atoms with Crippen molar-refractivity contribution >= 4 is 17.1 Å². The van der Waals surface area contributed by atoms with Crippen LogP contribution in [0.15, 0.2) is 24.3 Å². The van der Waals surface area contributed by atoms with Crippen LogP contribution in [0.1, 0.15) is 44.5 Å². The largest absolute Gasteiger partial charge is 0.340 e. The predicted octanol–water partition coefficient (Wildman–Crippen LogP) is 2.89.